The van der Waals surface area contributed by atoms with Crippen LogP contribution in [0.25, 0.3) is 0 Å². The molecule has 0 aliphatic carbocycles. The lowest BCUT2D eigenvalue weighted by atomic mass is 9.97. The minimum atomic E-state index is -1.30. The topological polar surface area (TPSA) is 134 Å². The molecular weight excluding hydrogens is 244 g/mol. The SMILES string of the molecule is CC(=O)NC1C(O)[C@H](O)C(CO)O[C@H]1OCCN. The number of ether oxygens (including phenoxy) is 2. The maximum Gasteiger partial charge on any atom is 0.217 e. The van der Waals surface area contributed by atoms with E-state index in [0.29, 0.717) is 0 Å². The smallest absolute Gasteiger partial charge is 0.217 e. The molecular formula is C10H20N2O6. The third-order valence-corrected chi connectivity index (χ3v) is 2.65. The van der Waals surface area contributed by atoms with Crippen LogP contribution in [0.1, 0.15) is 6.92 Å². The maximum absolute atomic E-state index is 11.0. The number of hydrogen-bond donors (Lipinski definition) is 5. The van der Waals surface area contributed by atoms with Crippen molar-refractivity contribution in [2.75, 3.05) is 19.8 Å². The van der Waals surface area contributed by atoms with Crippen LogP contribution in [0, 0.1) is 0 Å². The molecule has 5 atom stereocenters. The van der Waals surface area contributed by atoms with Gasteiger partial charge in [-0.1, -0.05) is 0 Å². The fraction of sp³-hybridized carbons (Fsp3) is 0.900. The molecule has 8 heteroatoms. The Morgan fingerprint density at radius 3 is 2.61 bits per heavy atom. The average Bonchev–Trinajstić information content (AvgIpc) is 2.33. The van der Waals surface area contributed by atoms with Crippen LogP contribution in [0.4, 0.5) is 0 Å². The predicted molar refractivity (Wildman–Crippen MR) is 60.4 cm³/mol. The van der Waals surface area contributed by atoms with Crippen molar-refractivity contribution in [3.05, 3.63) is 0 Å². The normalized spacial score (nSPS) is 36.4. The molecule has 1 fully saturated rings. The minimum absolute atomic E-state index is 0.168. The summed E-state index contributed by atoms with van der Waals surface area (Å²) < 4.78 is 10.5. The van der Waals surface area contributed by atoms with Crippen molar-refractivity contribution in [3.63, 3.8) is 0 Å². The molecule has 0 radical (unpaired) electrons. The highest BCUT2D eigenvalue weighted by Gasteiger charge is 2.45. The number of nitrogens with one attached hydrogen (secondary N) is 1. The van der Waals surface area contributed by atoms with Gasteiger partial charge in [-0.25, -0.2) is 0 Å². The number of aliphatic hydroxyl groups is 3. The van der Waals surface area contributed by atoms with E-state index in [1.54, 1.807) is 0 Å². The fourth-order valence-corrected chi connectivity index (χ4v) is 1.80. The molecule has 0 aromatic heterocycles. The van der Waals surface area contributed by atoms with Crippen molar-refractivity contribution < 1.29 is 29.6 Å². The second-order valence-corrected chi connectivity index (χ2v) is 4.09. The highest BCUT2D eigenvalue weighted by atomic mass is 16.7. The molecule has 8 nitrogen and oxygen atoms in total. The molecule has 1 rings (SSSR count). The van der Waals surface area contributed by atoms with E-state index in [9.17, 15) is 15.0 Å². The number of hydrogen-bond acceptors (Lipinski definition) is 7. The van der Waals surface area contributed by atoms with Crippen molar-refractivity contribution in [2.45, 2.75) is 37.6 Å². The molecule has 0 saturated carbocycles. The zero-order valence-electron chi connectivity index (χ0n) is 10.2. The Kier molecular flexibility index (Phi) is 5.93. The van der Waals surface area contributed by atoms with Gasteiger partial charge in [0, 0.05) is 13.5 Å². The van der Waals surface area contributed by atoms with Gasteiger partial charge >= 0.3 is 0 Å². The van der Waals surface area contributed by atoms with Crippen LogP contribution < -0.4 is 11.1 Å². The van der Waals surface area contributed by atoms with Crippen LogP contribution in [0.2, 0.25) is 0 Å². The maximum atomic E-state index is 11.0. The van der Waals surface area contributed by atoms with Crippen molar-refractivity contribution in [3.8, 4) is 0 Å². The summed E-state index contributed by atoms with van der Waals surface area (Å²) in [5.74, 6) is -0.390. The number of amides is 1. The Morgan fingerprint density at radius 2 is 2.11 bits per heavy atom. The largest absolute Gasteiger partial charge is 0.394 e. The zero-order valence-corrected chi connectivity index (χ0v) is 10.2. The number of carbonyl (C=O) groups excluding carboxylic acids is 1. The molecule has 6 N–H and O–H groups in total. The summed E-state index contributed by atoms with van der Waals surface area (Å²) >= 11 is 0. The van der Waals surface area contributed by atoms with E-state index >= 15 is 0 Å². The van der Waals surface area contributed by atoms with E-state index in [0.717, 1.165) is 0 Å². The number of nitrogens with two attached hydrogens (primary N) is 1. The highest BCUT2D eigenvalue weighted by molar-refractivity contribution is 5.73. The van der Waals surface area contributed by atoms with Crippen LogP contribution in [0.15, 0.2) is 0 Å². The summed E-state index contributed by atoms with van der Waals surface area (Å²) in [4.78, 5) is 11.0. The molecule has 1 saturated heterocycles. The molecule has 106 valence electrons. The van der Waals surface area contributed by atoms with E-state index < -0.39 is 43.2 Å². The monoisotopic (exact) mass is 264 g/mol. The van der Waals surface area contributed by atoms with Gasteiger partial charge in [-0.15, -0.1) is 0 Å². The summed E-state index contributed by atoms with van der Waals surface area (Å²) in [6.07, 6.45) is -4.52. The summed E-state index contributed by atoms with van der Waals surface area (Å²) in [7, 11) is 0. The van der Waals surface area contributed by atoms with Gasteiger partial charge in [0.05, 0.1) is 13.2 Å². The van der Waals surface area contributed by atoms with Gasteiger partial charge in [0.25, 0.3) is 0 Å². The number of rotatable bonds is 5. The third kappa shape index (κ3) is 3.61. The minimum Gasteiger partial charge on any atom is -0.394 e. The zero-order chi connectivity index (χ0) is 13.7. The molecule has 1 aliphatic rings. The van der Waals surface area contributed by atoms with Crippen LogP contribution in [0.3, 0.4) is 0 Å². The molecule has 0 bridgehead atoms. The van der Waals surface area contributed by atoms with E-state index in [2.05, 4.69) is 5.32 Å². The molecule has 1 amide bonds. The molecule has 0 aromatic rings. The fourth-order valence-electron chi connectivity index (χ4n) is 1.80. The molecule has 0 spiro atoms. The van der Waals surface area contributed by atoms with Crippen LogP contribution in [-0.4, -0.2) is 71.6 Å². The van der Waals surface area contributed by atoms with Gasteiger partial charge in [0.15, 0.2) is 6.29 Å². The quantitative estimate of drug-likeness (QED) is 0.355. The second kappa shape index (κ2) is 6.98. The van der Waals surface area contributed by atoms with Crippen LogP contribution in [0.5, 0.6) is 0 Å². The van der Waals surface area contributed by atoms with Gasteiger partial charge in [-0.3, -0.25) is 4.79 Å². The predicted octanol–water partition coefficient (Wildman–Crippen LogP) is -3.09. The average molecular weight is 264 g/mol. The Bertz CT molecular complexity index is 277. The van der Waals surface area contributed by atoms with E-state index in [-0.39, 0.29) is 13.2 Å². The Hall–Kier alpha value is -0.770. The van der Waals surface area contributed by atoms with E-state index in [1.165, 1.54) is 6.92 Å². The second-order valence-electron chi connectivity index (χ2n) is 4.09. The van der Waals surface area contributed by atoms with Crippen LogP contribution in [-0.2, 0) is 14.3 Å². The Labute approximate surface area is 105 Å². The lowest BCUT2D eigenvalue weighted by Gasteiger charge is -2.42. The lowest BCUT2D eigenvalue weighted by Crippen LogP contribution is -2.64. The number of carbonyl (C=O) groups is 1. The Balaban J connectivity index is 2.76. The first-order valence-electron chi connectivity index (χ1n) is 5.72. The third-order valence-electron chi connectivity index (χ3n) is 2.65. The van der Waals surface area contributed by atoms with E-state index in [4.69, 9.17) is 20.3 Å². The van der Waals surface area contributed by atoms with Crippen molar-refractivity contribution in [2.24, 2.45) is 5.73 Å². The Morgan fingerprint density at radius 1 is 1.44 bits per heavy atom. The van der Waals surface area contributed by atoms with Gasteiger partial charge in [0.1, 0.15) is 24.4 Å². The first-order chi connectivity index (χ1) is 8.51. The van der Waals surface area contributed by atoms with Crippen molar-refractivity contribution >= 4 is 5.91 Å². The highest BCUT2D eigenvalue weighted by Crippen LogP contribution is 2.21. The lowest BCUT2D eigenvalue weighted by molar-refractivity contribution is -0.269. The molecule has 1 heterocycles. The molecule has 1 aliphatic heterocycles. The molecule has 18 heavy (non-hydrogen) atoms. The van der Waals surface area contributed by atoms with Gasteiger partial charge in [0.2, 0.25) is 5.91 Å². The number of aliphatic hydroxyl groups excluding tert-OH is 3. The summed E-state index contributed by atoms with van der Waals surface area (Å²) in [6.45, 7) is 1.22. The first-order valence-corrected chi connectivity index (χ1v) is 5.72. The van der Waals surface area contributed by atoms with Gasteiger partial charge < -0.3 is 35.8 Å². The molecule has 0 aromatic carbocycles. The van der Waals surface area contributed by atoms with Crippen molar-refractivity contribution in [1.29, 1.82) is 0 Å². The van der Waals surface area contributed by atoms with E-state index in [1.807, 2.05) is 0 Å². The van der Waals surface area contributed by atoms with Crippen LogP contribution >= 0.6 is 0 Å². The van der Waals surface area contributed by atoms with Gasteiger partial charge in [-0.05, 0) is 0 Å². The summed E-state index contributed by atoms with van der Waals surface area (Å²) in [5.41, 5.74) is 5.29. The van der Waals surface area contributed by atoms with Gasteiger partial charge in [-0.2, -0.15) is 0 Å². The summed E-state index contributed by atoms with van der Waals surface area (Å²) in [6, 6.07) is -0.910. The first kappa shape index (κ1) is 15.3. The standard InChI is InChI=1S/C10H20N2O6/c1-5(14)12-7-9(16)8(15)6(4-13)18-10(7)17-3-2-11/h6-10,13,15-16H,2-4,11H2,1H3,(H,12,14)/t6?,7?,8-,9?,10-/m1/s1. The van der Waals surface area contributed by atoms with Crippen molar-refractivity contribution in [1.82, 2.24) is 5.32 Å². The summed E-state index contributed by atoms with van der Waals surface area (Å²) in [5, 5.41) is 31.1. The molecule has 3 unspecified atom stereocenters.